The number of carbonyl (C=O) groups is 2. The maximum absolute atomic E-state index is 12.2. The van der Waals surface area contributed by atoms with Crippen molar-refractivity contribution in [3.63, 3.8) is 0 Å². The maximum atomic E-state index is 12.2. The molecule has 0 spiro atoms. The van der Waals surface area contributed by atoms with Crippen molar-refractivity contribution in [3.8, 4) is 0 Å². The maximum Gasteiger partial charge on any atom is 0.270 e. The van der Waals surface area contributed by atoms with Crippen LogP contribution in [0.2, 0.25) is 15.1 Å². The van der Waals surface area contributed by atoms with E-state index in [1.807, 2.05) is 0 Å². The molecule has 0 radical (unpaired) electrons. The number of hydrogen-bond acceptors (Lipinski definition) is 2. The summed E-state index contributed by atoms with van der Waals surface area (Å²) in [6.45, 7) is 1.28. The number of hydrazine groups is 1. The third kappa shape index (κ3) is 3.71. The molecule has 2 amide bonds. The Balaban J connectivity index is 2.36. The summed E-state index contributed by atoms with van der Waals surface area (Å²) in [5.41, 5.74) is 3.05. The van der Waals surface area contributed by atoms with Crippen LogP contribution >= 0.6 is 34.8 Å². The minimum Gasteiger partial charge on any atom is -0.273 e. The summed E-state index contributed by atoms with van der Waals surface area (Å²) in [6.07, 6.45) is 0. The van der Waals surface area contributed by atoms with Gasteiger partial charge in [0, 0.05) is 17.5 Å². The van der Waals surface area contributed by atoms with Crippen molar-refractivity contribution in [3.05, 3.63) is 63.1 Å². The summed E-state index contributed by atoms with van der Waals surface area (Å²) in [4.78, 5) is 24.1. The van der Waals surface area contributed by atoms with E-state index in [0.29, 0.717) is 10.6 Å². The van der Waals surface area contributed by atoms with Crippen LogP contribution in [0.5, 0.6) is 0 Å². The zero-order chi connectivity index (χ0) is 16.3. The predicted molar refractivity (Wildman–Crippen MR) is 88.5 cm³/mol. The highest BCUT2D eigenvalue weighted by Crippen LogP contribution is 2.36. The van der Waals surface area contributed by atoms with E-state index >= 15 is 0 Å². The summed E-state index contributed by atoms with van der Waals surface area (Å²) in [5, 5.41) is 1.63. The molecule has 2 aromatic carbocycles. The molecule has 0 saturated heterocycles. The summed E-state index contributed by atoms with van der Waals surface area (Å²) in [6, 6.07) is 11.3. The van der Waals surface area contributed by atoms with Crippen LogP contribution in [0.3, 0.4) is 0 Å². The SMILES string of the molecule is CC(=O)N(NC(=O)c1ccccc1)c1c(Cl)cc(Cl)cc1Cl. The van der Waals surface area contributed by atoms with E-state index in [9.17, 15) is 9.59 Å². The minimum absolute atomic E-state index is 0.154. The summed E-state index contributed by atoms with van der Waals surface area (Å²) in [5.74, 6) is -0.909. The molecule has 1 N–H and O–H groups in total. The Hall–Kier alpha value is -1.75. The molecule has 0 unspecified atom stereocenters. The van der Waals surface area contributed by atoms with E-state index in [4.69, 9.17) is 34.8 Å². The summed E-state index contributed by atoms with van der Waals surface area (Å²) in [7, 11) is 0. The lowest BCUT2D eigenvalue weighted by atomic mass is 10.2. The smallest absolute Gasteiger partial charge is 0.270 e. The van der Waals surface area contributed by atoms with E-state index in [1.165, 1.54) is 19.1 Å². The number of nitrogens with one attached hydrogen (secondary N) is 1. The molecule has 114 valence electrons. The number of rotatable bonds is 2. The third-order valence-corrected chi connectivity index (χ3v) is 3.56. The lowest BCUT2D eigenvalue weighted by Crippen LogP contribution is -2.45. The summed E-state index contributed by atoms with van der Waals surface area (Å²) >= 11 is 18.0. The molecule has 2 rings (SSSR count). The van der Waals surface area contributed by atoms with Crippen LogP contribution < -0.4 is 10.4 Å². The van der Waals surface area contributed by atoms with Crippen LogP contribution in [0.4, 0.5) is 5.69 Å². The fraction of sp³-hybridized carbons (Fsp3) is 0.0667. The second-order valence-electron chi connectivity index (χ2n) is 4.38. The molecule has 0 bridgehead atoms. The fourth-order valence-corrected chi connectivity index (χ4v) is 2.78. The van der Waals surface area contributed by atoms with Crippen LogP contribution in [-0.2, 0) is 4.79 Å². The van der Waals surface area contributed by atoms with Gasteiger partial charge in [0.15, 0.2) is 0 Å². The first-order valence-electron chi connectivity index (χ1n) is 6.21. The molecule has 0 aliphatic rings. The van der Waals surface area contributed by atoms with Gasteiger partial charge in [-0.25, -0.2) is 5.01 Å². The van der Waals surface area contributed by atoms with E-state index < -0.39 is 11.8 Å². The van der Waals surface area contributed by atoms with Crippen molar-refractivity contribution in [1.82, 2.24) is 5.43 Å². The number of anilines is 1. The zero-order valence-corrected chi connectivity index (χ0v) is 13.7. The van der Waals surface area contributed by atoms with Crippen LogP contribution in [0.25, 0.3) is 0 Å². The van der Waals surface area contributed by atoms with Gasteiger partial charge < -0.3 is 0 Å². The van der Waals surface area contributed by atoms with Gasteiger partial charge in [0.2, 0.25) is 5.91 Å². The standard InChI is InChI=1S/C15H11Cl3N2O2/c1-9(21)20(14-12(17)7-11(16)8-13(14)18)19-15(22)10-5-3-2-4-6-10/h2-8H,1H3,(H,19,22). The Morgan fingerprint density at radius 3 is 2.05 bits per heavy atom. The summed E-state index contributed by atoms with van der Waals surface area (Å²) < 4.78 is 0. The topological polar surface area (TPSA) is 49.4 Å². The molecule has 0 aliphatic heterocycles. The van der Waals surface area contributed by atoms with Gasteiger partial charge in [-0.1, -0.05) is 53.0 Å². The van der Waals surface area contributed by atoms with Gasteiger partial charge >= 0.3 is 0 Å². The molecular formula is C15H11Cl3N2O2. The van der Waals surface area contributed by atoms with Crippen molar-refractivity contribution in [1.29, 1.82) is 0 Å². The van der Waals surface area contributed by atoms with E-state index in [-0.39, 0.29) is 15.7 Å². The first-order chi connectivity index (χ1) is 10.4. The van der Waals surface area contributed by atoms with Crippen molar-refractivity contribution in [2.24, 2.45) is 0 Å². The Morgan fingerprint density at radius 1 is 1.00 bits per heavy atom. The Labute approximate surface area is 142 Å². The number of hydrogen-bond donors (Lipinski definition) is 1. The van der Waals surface area contributed by atoms with Crippen molar-refractivity contribution < 1.29 is 9.59 Å². The molecule has 0 saturated carbocycles. The van der Waals surface area contributed by atoms with E-state index in [2.05, 4.69) is 5.43 Å². The van der Waals surface area contributed by atoms with Gasteiger partial charge in [0.1, 0.15) is 5.69 Å². The second-order valence-corrected chi connectivity index (χ2v) is 5.63. The van der Waals surface area contributed by atoms with Crippen LogP contribution in [-0.4, -0.2) is 11.8 Å². The first kappa shape index (κ1) is 16.6. The van der Waals surface area contributed by atoms with Gasteiger partial charge in [-0.2, -0.15) is 0 Å². The highest BCUT2D eigenvalue weighted by atomic mass is 35.5. The second kappa shape index (κ2) is 7.01. The molecule has 0 atom stereocenters. The largest absolute Gasteiger partial charge is 0.273 e. The Kier molecular flexibility index (Phi) is 5.29. The van der Waals surface area contributed by atoms with Crippen molar-refractivity contribution in [2.75, 3.05) is 5.01 Å². The minimum atomic E-state index is -0.460. The molecule has 4 nitrogen and oxygen atoms in total. The molecule has 22 heavy (non-hydrogen) atoms. The quantitative estimate of drug-likeness (QED) is 0.813. The van der Waals surface area contributed by atoms with Crippen LogP contribution in [0.1, 0.15) is 17.3 Å². The molecule has 0 aromatic heterocycles. The van der Waals surface area contributed by atoms with Gasteiger partial charge in [-0.3, -0.25) is 15.0 Å². The normalized spacial score (nSPS) is 10.2. The third-order valence-electron chi connectivity index (χ3n) is 2.77. The fourth-order valence-electron chi connectivity index (χ4n) is 1.80. The van der Waals surface area contributed by atoms with Crippen LogP contribution in [0, 0.1) is 0 Å². The Morgan fingerprint density at radius 2 is 1.55 bits per heavy atom. The molecule has 0 fully saturated rings. The van der Waals surface area contributed by atoms with Gasteiger partial charge in [-0.05, 0) is 24.3 Å². The molecule has 0 aliphatic carbocycles. The van der Waals surface area contributed by atoms with Crippen molar-refractivity contribution >= 4 is 52.3 Å². The number of halogens is 3. The lowest BCUT2D eigenvalue weighted by Gasteiger charge is -2.24. The van der Waals surface area contributed by atoms with Gasteiger partial charge in [-0.15, -0.1) is 0 Å². The van der Waals surface area contributed by atoms with Crippen LogP contribution in [0.15, 0.2) is 42.5 Å². The number of benzene rings is 2. The average Bonchev–Trinajstić information content (AvgIpc) is 2.45. The Bertz CT molecular complexity index is 697. The molecule has 2 aromatic rings. The average molecular weight is 358 g/mol. The molecular weight excluding hydrogens is 347 g/mol. The van der Waals surface area contributed by atoms with Crippen molar-refractivity contribution in [2.45, 2.75) is 6.92 Å². The van der Waals surface area contributed by atoms with Gasteiger partial charge in [0.25, 0.3) is 5.91 Å². The zero-order valence-electron chi connectivity index (χ0n) is 11.4. The number of nitrogens with zero attached hydrogens (tertiary/aromatic N) is 1. The number of carbonyl (C=O) groups excluding carboxylic acids is 2. The lowest BCUT2D eigenvalue weighted by molar-refractivity contribution is -0.117. The van der Waals surface area contributed by atoms with E-state index in [1.54, 1.807) is 30.3 Å². The highest BCUT2D eigenvalue weighted by molar-refractivity contribution is 6.42. The van der Waals surface area contributed by atoms with Gasteiger partial charge in [0.05, 0.1) is 10.0 Å². The number of amides is 2. The van der Waals surface area contributed by atoms with E-state index in [0.717, 1.165) is 5.01 Å². The molecule has 7 heteroatoms. The first-order valence-corrected chi connectivity index (χ1v) is 7.35. The monoisotopic (exact) mass is 356 g/mol. The highest BCUT2D eigenvalue weighted by Gasteiger charge is 2.21. The predicted octanol–water partition coefficient (Wildman–Crippen LogP) is 4.34. The molecule has 0 heterocycles.